The Bertz CT molecular complexity index is 1640. The molecule has 1 aliphatic rings. The van der Waals surface area contributed by atoms with Gasteiger partial charge in [-0.3, -0.25) is 13.9 Å². The zero-order chi connectivity index (χ0) is 29.2. The predicted octanol–water partition coefficient (Wildman–Crippen LogP) is 1.59. The Hall–Kier alpha value is -4.85. The molecule has 0 radical (unpaired) electrons. The number of nitrogens with zero attached hydrogens (tertiary/aromatic N) is 6. The molecule has 1 amide bonds. The number of aliphatic hydroxyl groups excluding tert-OH is 2. The summed E-state index contributed by atoms with van der Waals surface area (Å²) in [6.45, 7) is 2.60. The highest BCUT2D eigenvalue weighted by Gasteiger charge is 2.47. The molecule has 1 fully saturated rings. The van der Waals surface area contributed by atoms with Crippen LogP contribution in [0.4, 0.5) is 11.6 Å². The summed E-state index contributed by atoms with van der Waals surface area (Å²) >= 11 is 0. The van der Waals surface area contributed by atoms with Crippen molar-refractivity contribution in [3.05, 3.63) is 90.6 Å². The smallest absolute Gasteiger partial charge is 0.252 e. The lowest BCUT2D eigenvalue weighted by molar-refractivity contribution is -0.137. The van der Waals surface area contributed by atoms with Crippen LogP contribution in [0.1, 0.15) is 30.2 Å². The molecule has 6 N–H and O–H groups in total. The fourth-order valence-electron chi connectivity index (χ4n) is 5.16. The minimum absolute atomic E-state index is 0.000175. The van der Waals surface area contributed by atoms with E-state index in [-0.39, 0.29) is 17.7 Å². The lowest BCUT2D eigenvalue weighted by atomic mass is 9.91. The first-order chi connectivity index (χ1) is 20.4. The van der Waals surface area contributed by atoms with E-state index in [1.807, 2.05) is 36.4 Å². The number of aromatic nitrogens is 6. The molecule has 0 unspecified atom stereocenters. The molecule has 0 aliphatic carbocycles. The maximum atomic E-state index is 12.5. The number of nitrogen functional groups attached to an aromatic ring is 1. The molecule has 6 rings (SSSR count). The second-order valence-electron chi connectivity index (χ2n) is 9.98. The van der Waals surface area contributed by atoms with Gasteiger partial charge in [0.05, 0.1) is 12.5 Å². The zero-order valence-corrected chi connectivity index (χ0v) is 22.8. The van der Waals surface area contributed by atoms with Gasteiger partial charge in [-0.2, -0.15) is 9.97 Å². The van der Waals surface area contributed by atoms with Crippen LogP contribution in [0.15, 0.2) is 79.5 Å². The summed E-state index contributed by atoms with van der Waals surface area (Å²) in [6.07, 6.45) is -0.706. The van der Waals surface area contributed by atoms with Crippen LogP contribution in [0.2, 0.25) is 0 Å². The molecule has 1 saturated heterocycles. The normalized spacial score (nSPS) is 20.3. The number of nitrogens with one attached hydrogen (secondary N) is 2. The number of ether oxygens (including phenoxy) is 1. The van der Waals surface area contributed by atoms with E-state index < -0.39 is 30.4 Å². The van der Waals surface area contributed by atoms with Gasteiger partial charge in [0.15, 0.2) is 29.3 Å². The second-order valence-corrected chi connectivity index (χ2v) is 9.98. The van der Waals surface area contributed by atoms with Gasteiger partial charge in [0, 0.05) is 19.0 Å². The van der Waals surface area contributed by atoms with E-state index in [1.165, 1.54) is 17.2 Å². The minimum atomic E-state index is -1.44. The number of anilines is 2. The van der Waals surface area contributed by atoms with Crippen molar-refractivity contribution in [2.75, 3.05) is 24.1 Å². The third kappa shape index (κ3) is 5.16. The van der Waals surface area contributed by atoms with Gasteiger partial charge >= 0.3 is 0 Å². The fourth-order valence-corrected chi connectivity index (χ4v) is 5.16. The van der Waals surface area contributed by atoms with Crippen LogP contribution in [0.5, 0.6) is 0 Å². The molecule has 2 aromatic carbocycles. The van der Waals surface area contributed by atoms with Crippen LogP contribution in [-0.4, -0.2) is 76.6 Å². The molecule has 1 aliphatic heterocycles. The summed E-state index contributed by atoms with van der Waals surface area (Å²) in [5.74, 6) is 0.457. The summed E-state index contributed by atoms with van der Waals surface area (Å²) in [5.41, 5.74) is 8.85. The number of hydrogen-bond acceptors (Lipinski definition) is 10. The number of carbonyl (C=O) groups excluding carboxylic acids is 1. The van der Waals surface area contributed by atoms with E-state index in [0.717, 1.165) is 11.1 Å². The van der Waals surface area contributed by atoms with Gasteiger partial charge in [-0.25, -0.2) is 9.97 Å². The number of hydrogen-bond donors (Lipinski definition) is 5. The lowest BCUT2D eigenvalue weighted by Gasteiger charge is -2.20. The SMILES string of the molecule is CCNC(=O)[C@H]1O[C@@H](n2cnc3c(NCC(c4ccccc4)c4ccccc4)nc(-n4cnc(N)c4)nc32)[C@H](O)[C@@H]1O. The van der Waals surface area contributed by atoms with Gasteiger partial charge in [-0.15, -0.1) is 0 Å². The quantitative estimate of drug-likeness (QED) is 0.175. The van der Waals surface area contributed by atoms with Crippen molar-refractivity contribution in [3.63, 3.8) is 0 Å². The van der Waals surface area contributed by atoms with Gasteiger partial charge in [-0.05, 0) is 18.1 Å². The molecule has 0 spiro atoms. The Balaban J connectivity index is 1.39. The highest BCUT2D eigenvalue weighted by atomic mass is 16.6. The Kier molecular flexibility index (Phi) is 7.52. The van der Waals surface area contributed by atoms with Crippen LogP contribution < -0.4 is 16.4 Å². The first-order valence-electron chi connectivity index (χ1n) is 13.6. The Morgan fingerprint density at radius 3 is 2.31 bits per heavy atom. The van der Waals surface area contributed by atoms with Crippen molar-refractivity contribution >= 4 is 28.7 Å². The first-order valence-corrected chi connectivity index (χ1v) is 13.6. The van der Waals surface area contributed by atoms with Crippen LogP contribution in [0.3, 0.4) is 0 Å². The Labute approximate surface area is 241 Å². The number of imidazole rings is 2. The summed E-state index contributed by atoms with van der Waals surface area (Å²) < 4.78 is 8.91. The number of nitrogens with two attached hydrogens (primary N) is 1. The largest absolute Gasteiger partial charge is 0.387 e. The van der Waals surface area contributed by atoms with Crippen LogP contribution in [-0.2, 0) is 9.53 Å². The molecule has 0 saturated carbocycles. The molecule has 0 bridgehead atoms. The van der Waals surface area contributed by atoms with Crippen LogP contribution in [0, 0.1) is 0 Å². The summed E-state index contributed by atoms with van der Waals surface area (Å²) in [7, 11) is 0. The maximum absolute atomic E-state index is 12.5. The number of likely N-dealkylation sites (N-methyl/N-ethyl adjacent to an activating group) is 1. The lowest BCUT2D eigenvalue weighted by Crippen LogP contribution is -2.42. The molecule has 5 aromatic rings. The monoisotopic (exact) mass is 569 g/mol. The number of fused-ring (bicyclic) bond motifs is 1. The third-order valence-electron chi connectivity index (χ3n) is 7.24. The molecule has 3 aromatic heterocycles. The fraction of sp³-hybridized carbons (Fsp3) is 0.276. The average molecular weight is 570 g/mol. The van der Waals surface area contributed by atoms with Crippen molar-refractivity contribution < 1.29 is 19.7 Å². The molecule has 13 nitrogen and oxygen atoms in total. The van der Waals surface area contributed by atoms with Crippen molar-refractivity contribution in [1.29, 1.82) is 0 Å². The predicted molar refractivity (Wildman–Crippen MR) is 155 cm³/mol. The van der Waals surface area contributed by atoms with Crippen molar-refractivity contribution in [3.8, 4) is 5.95 Å². The van der Waals surface area contributed by atoms with Gasteiger partial charge < -0.3 is 31.3 Å². The second kappa shape index (κ2) is 11.6. The highest BCUT2D eigenvalue weighted by molar-refractivity contribution is 5.84. The molecule has 42 heavy (non-hydrogen) atoms. The molecule has 216 valence electrons. The number of aliphatic hydroxyl groups is 2. The Morgan fingerprint density at radius 2 is 1.69 bits per heavy atom. The number of amides is 1. The third-order valence-corrected chi connectivity index (χ3v) is 7.24. The maximum Gasteiger partial charge on any atom is 0.252 e. The van der Waals surface area contributed by atoms with Crippen molar-refractivity contribution in [1.82, 2.24) is 34.4 Å². The summed E-state index contributed by atoms with van der Waals surface area (Å²) in [6, 6.07) is 20.3. The van der Waals surface area contributed by atoms with E-state index in [9.17, 15) is 15.0 Å². The van der Waals surface area contributed by atoms with Crippen molar-refractivity contribution in [2.45, 2.75) is 37.4 Å². The highest BCUT2D eigenvalue weighted by Crippen LogP contribution is 2.33. The zero-order valence-electron chi connectivity index (χ0n) is 22.8. The molecular formula is C29H31N9O4. The van der Waals surface area contributed by atoms with Gasteiger partial charge in [-0.1, -0.05) is 60.7 Å². The van der Waals surface area contributed by atoms with Gasteiger partial charge in [0.25, 0.3) is 5.91 Å². The molecule has 4 atom stereocenters. The summed E-state index contributed by atoms with van der Waals surface area (Å²) in [4.78, 5) is 30.5. The topological polar surface area (TPSA) is 178 Å². The standard InChI is InChI=1S/C29H31N9O4/c1-2-31-27(41)24-22(39)23(40)28(42-24)38-16-34-21-25(35-29(36-26(21)38)37-14-20(30)33-15-37)32-13-19(17-9-5-3-6-10-17)18-11-7-4-8-12-18/h3-12,14-16,19,22-24,28,39-40H,2,13,30H2,1H3,(H,31,41)(H,32,35,36)/t22-,23+,24-,28+/m0/s1. The van der Waals surface area contributed by atoms with Gasteiger partial charge in [0.2, 0.25) is 5.95 Å². The minimum Gasteiger partial charge on any atom is -0.387 e. The van der Waals surface area contributed by atoms with Crippen molar-refractivity contribution in [2.24, 2.45) is 0 Å². The molecule has 13 heteroatoms. The first kappa shape index (κ1) is 27.3. The van der Waals surface area contributed by atoms with E-state index in [4.69, 9.17) is 15.5 Å². The summed E-state index contributed by atoms with van der Waals surface area (Å²) in [5, 5.41) is 27.6. The van der Waals surface area contributed by atoms with E-state index >= 15 is 0 Å². The molecule has 4 heterocycles. The number of benzene rings is 2. The van der Waals surface area contributed by atoms with E-state index in [2.05, 4.69) is 49.9 Å². The van der Waals surface area contributed by atoms with E-state index in [1.54, 1.807) is 17.7 Å². The van der Waals surface area contributed by atoms with Gasteiger partial charge in [0.1, 0.15) is 24.4 Å². The average Bonchev–Trinajstić information content (AvgIpc) is 3.72. The Morgan fingerprint density at radius 1 is 1.00 bits per heavy atom. The van der Waals surface area contributed by atoms with Crippen LogP contribution in [0.25, 0.3) is 17.1 Å². The number of carbonyl (C=O) groups is 1. The van der Waals surface area contributed by atoms with E-state index in [0.29, 0.717) is 30.1 Å². The van der Waals surface area contributed by atoms with Crippen LogP contribution >= 0.6 is 0 Å². The number of rotatable bonds is 9. The molecular weight excluding hydrogens is 538 g/mol.